The van der Waals surface area contributed by atoms with Gasteiger partial charge in [-0.2, -0.15) is 0 Å². The van der Waals surface area contributed by atoms with Gasteiger partial charge in [-0.25, -0.2) is 0 Å². The number of nitrogens with zero attached hydrogens (tertiary/aromatic N) is 1. The average molecular weight is 287 g/mol. The normalized spacial score (nSPS) is 24.7. The van der Waals surface area contributed by atoms with Crippen LogP contribution in [0, 0.1) is 0 Å². The highest BCUT2D eigenvalue weighted by Crippen LogP contribution is 2.37. The monoisotopic (exact) mass is 287 g/mol. The minimum atomic E-state index is -0.159. The van der Waals surface area contributed by atoms with Crippen LogP contribution in [0.25, 0.3) is 0 Å². The average Bonchev–Trinajstić information content (AvgIpc) is 3.09. The Hall–Kier alpha value is -1.39. The lowest BCUT2D eigenvalue weighted by Crippen LogP contribution is -2.56. The smallest absolute Gasteiger partial charge is 0.240 e. The van der Waals surface area contributed by atoms with Gasteiger partial charge in [0.1, 0.15) is 0 Å². The van der Waals surface area contributed by atoms with Crippen LogP contribution in [0.4, 0.5) is 0 Å². The summed E-state index contributed by atoms with van der Waals surface area (Å²) in [6.07, 6.45) is 4.02. The van der Waals surface area contributed by atoms with E-state index < -0.39 is 0 Å². The number of hydrogen-bond acceptors (Lipinski definition) is 3. The van der Waals surface area contributed by atoms with Gasteiger partial charge in [-0.3, -0.25) is 4.79 Å². The maximum absolute atomic E-state index is 12.9. The molecule has 1 amide bonds. The highest BCUT2D eigenvalue weighted by Gasteiger charge is 2.42. The van der Waals surface area contributed by atoms with Gasteiger partial charge in [0, 0.05) is 7.05 Å². The second-order valence-electron chi connectivity index (χ2n) is 6.19. The minimum Gasteiger partial charge on any atom is -0.335 e. The zero-order valence-corrected chi connectivity index (χ0v) is 12.8. The zero-order chi connectivity index (χ0) is 14.7. The number of piperidine rings is 1. The van der Waals surface area contributed by atoms with Crippen LogP contribution in [0.5, 0.6) is 0 Å². The summed E-state index contributed by atoms with van der Waals surface area (Å²) < 4.78 is 0. The molecule has 2 fully saturated rings. The molecule has 0 radical (unpaired) electrons. The lowest BCUT2D eigenvalue weighted by atomic mass is 9.79. The zero-order valence-electron chi connectivity index (χ0n) is 12.8. The van der Waals surface area contributed by atoms with E-state index in [1.54, 1.807) is 0 Å². The van der Waals surface area contributed by atoms with Crippen molar-refractivity contribution in [3.8, 4) is 0 Å². The molecule has 21 heavy (non-hydrogen) atoms. The number of nitrogens with one attached hydrogen (secondary N) is 2. The fraction of sp³-hybridized carbons (Fsp3) is 0.588. The van der Waals surface area contributed by atoms with Crippen LogP contribution >= 0.6 is 0 Å². The van der Waals surface area contributed by atoms with E-state index in [2.05, 4.69) is 34.9 Å². The molecule has 0 aliphatic carbocycles. The van der Waals surface area contributed by atoms with Gasteiger partial charge < -0.3 is 15.5 Å². The number of carbonyl (C=O) groups excluding carboxylic acids is 1. The predicted octanol–water partition coefficient (Wildman–Crippen LogP) is 1.48. The van der Waals surface area contributed by atoms with Gasteiger partial charge in [0.05, 0.1) is 11.6 Å². The second kappa shape index (κ2) is 6.16. The van der Waals surface area contributed by atoms with Gasteiger partial charge >= 0.3 is 0 Å². The molecule has 0 spiro atoms. The summed E-state index contributed by atoms with van der Waals surface area (Å²) in [6, 6.07) is 10.5. The Kier molecular flexibility index (Phi) is 4.27. The molecular formula is C17H25N3O. The summed E-state index contributed by atoms with van der Waals surface area (Å²) in [5.74, 6) is 0.248. The Morgan fingerprint density at radius 2 is 1.90 bits per heavy atom. The highest BCUT2D eigenvalue weighted by molar-refractivity contribution is 5.83. The summed E-state index contributed by atoms with van der Waals surface area (Å²) >= 11 is 0. The van der Waals surface area contributed by atoms with Gasteiger partial charge in [0.25, 0.3) is 0 Å². The third-order valence-corrected chi connectivity index (χ3v) is 5.07. The first-order chi connectivity index (χ1) is 10.2. The highest BCUT2D eigenvalue weighted by atomic mass is 16.2. The molecule has 114 valence electrons. The minimum absolute atomic E-state index is 0.00507. The fourth-order valence-corrected chi connectivity index (χ4v) is 3.75. The van der Waals surface area contributed by atoms with E-state index in [-0.39, 0.29) is 17.5 Å². The summed E-state index contributed by atoms with van der Waals surface area (Å²) in [6.45, 7) is 2.89. The molecule has 2 heterocycles. The van der Waals surface area contributed by atoms with Gasteiger partial charge in [-0.05, 0) is 50.9 Å². The molecule has 4 nitrogen and oxygen atoms in total. The van der Waals surface area contributed by atoms with Gasteiger partial charge in [0.2, 0.25) is 5.91 Å². The molecule has 2 aliphatic heterocycles. The number of carbonyl (C=O) groups is 1. The number of rotatable bonds is 3. The first-order valence-electron chi connectivity index (χ1n) is 8.01. The van der Waals surface area contributed by atoms with Crippen molar-refractivity contribution in [2.75, 3.05) is 26.7 Å². The van der Waals surface area contributed by atoms with Gasteiger partial charge in [-0.15, -0.1) is 0 Å². The van der Waals surface area contributed by atoms with E-state index in [4.69, 9.17) is 0 Å². The molecule has 1 aromatic carbocycles. The molecule has 2 N–H and O–H groups in total. The Morgan fingerprint density at radius 3 is 2.52 bits per heavy atom. The van der Waals surface area contributed by atoms with Crippen LogP contribution in [0.3, 0.4) is 0 Å². The first-order valence-corrected chi connectivity index (χ1v) is 8.01. The summed E-state index contributed by atoms with van der Waals surface area (Å²) in [7, 11) is 1.99. The Morgan fingerprint density at radius 1 is 1.19 bits per heavy atom. The molecule has 4 heteroatoms. The van der Waals surface area contributed by atoms with Crippen LogP contribution in [-0.2, 0) is 10.3 Å². The Labute approximate surface area is 126 Å². The van der Waals surface area contributed by atoms with Crippen molar-refractivity contribution < 1.29 is 4.79 Å². The second-order valence-corrected chi connectivity index (χ2v) is 6.19. The third-order valence-electron chi connectivity index (χ3n) is 5.07. The first kappa shape index (κ1) is 14.5. The van der Waals surface area contributed by atoms with Gasteiger partial charge in [0.15, 0.2) is 0 Å². The summed E-state index contributed by atoms with van der Waals surface area (Å²) in [5.41, 5.74) is 1.11. The lowest BCUT2D eigenvalue weighted by molar-refractivity contribution is -0.139. The molecule has 2 aliphatic rings. The summed E-state index contributed by atoms with van der Waals surface area (Å²) in [5, 5.41) is 6.76. The fourth-order valence-electron chi connectivity index (χ4n) is 3.75. The number of benzene rings is 1. The SMILES string of the molecule is CN(C(=O)C1CCCN1)C1(c2ccccc2)CCNCC1. The molecule has 0 bridgehead atoms. The maximum Gasteiger partial charge on any atom is 0.240 e. The predicted molar refractivity (Wildman–Crippen MR) is 84.0 cm³/mol. The Bertz CT molecular complexity index is 476. The van der Waals surface area contributed by atoms with Crippen molar-refractivity contribution in [3.63, 3.8) is 0 Å². The van der Waals surface area contributed by atoms with Crippen LogP contribution in [0.1, 0.15) is 31.2 Å². The van der Waals surface area contributed by atoms with Crippen molar-refractivity contribution in [3.05, 3.63) is 35.9 Å². The number of amides is 1. The van der Waals surface area contributed by atoms with E-state index in [0.29, 0.717) is 0 Å². The quantitative estimate of drug-likeness (QED) is 0.885. The Balaban J connectivity index is 1.89. The molecule has 0 saturated carbocycles. The van der Waals surface area contributed by atoms with Crippen LogP contribution in [0.15, 0.2) is 30.3 Å². The molecule has 0 aromatic heterocycles. The van der Waals surface area contributed by atoms with Crippen LogP contribution < -0.4 is 10.6 Å². The molecular weight excluding hydrogens is 262 g/mol. The van der Waals surface area contributed by atoms with Crippen molar-refractivity contribution in [2.45, 2.75) is 37.3 Å². The lowest BCUT2D eigenvalue weighted by Gasteiger charge is -2.46. The maximum atomic E-state index is 12.9. The largest absolute Gasteiger partial charge is 0.335 e. The molecule has 3 rings (SSSR count). The van der Waals surface area contributed by atoms with E-state index in [9.17, 15) is 4.79 Å². The standard InChI is InChI=1S/C17H25N3O/c1-20(16(21)15-8-5-11-19-15)17(9-12-18-13-10-17)14-6-3-2-4-7-14/h2-4,6-7,15,18-19H,5,8-13H2,1H3. The third kappa shape index (κ3) is 2.70. The summed E-state index contributed by atoms with van der Waals surface area (Å²) in [4.78, 5) is 14.9. The molecule has 1 unspecified atom stereocenters. The number of hydrogen-bond donors (Lipinski definition) is 2. The van der Waals surface area contributed by atoms with E-state index in [0.717, 1.165) is 45.3 Å². The molecule has 1 atom stereocenters. The van der Waals surface area contributed by atoms with Crippen molar-refractivity contribution in [1.29, 1.82) is 0 Å². The molecule has 1 aromatic rings. The van der Waals surface area contributed by atoms with Crippen molar-refractivity contribution >= 4 is 5.91 Å². The van der Waals surface area contributed by atoms with E-state index >= 15 is 0 Å². The van der Waals surface area contributed by atoms with Crippen molar-refractivity contribution in [1.82, 2.24) is 15.5 Å². The van der Waals surface area contributed by atoms with Crippen LogP contribution in [-0.4, -0.2) is 43.5 Å². The van der Waals surface area contributed by atoms with Crippen molar-refractivity contribution in [2.24, 2.45) is 0 Å². The molecule has 2 saturated heterocycles. The van der Waals surface area contributed by atoms with Crippen LogP contribution in [0.2, 0.25) is 0 Å². The number of likely N-dealkylation sites (N-methyl/N-ethyl adjacent to an activating group) is 1. The van der Waals surface area contributed by atoms with E-state index in [1.807, 2.05) is 18.0 Å². The van der Waals surface area contributed by atoms with E-state index in [1.165, 1.54) is 5.56 Å². The van der Waals surface area contributed by atoms with Gasteiger partial charge in [-0.1, -0.05) is 30.3 Å². The topological polar surface area (TPSA) is 44.4 Å².